The molecule has 1 atom stereocenters. The molecule has 4 heteroatoms. The van der Waals surface area contributed by atoms with E-state index in [9.17, 15) is 8.76 Å². The van der Waals surface area contributed by atoms with Crippen LogP contribution in [0.3, 0.4) is 0 Å². The van der Waals surface area contributed by atoms with Crippen LogP contribution in [0.4, 0.5) is 0 Å². The summed E-state index contributed by atoms with van der Waals surface area (Å²) < 4.78 is 20.4. The molecule has 0 aliphatic rings. The third-order valence-corrected chi connectivity index (χ3v) is 4.79. The third kappa shape index (κ3) is 20.4. The van der Waals surface area contributed by atoms with Gasteiger partial charge in [0.2, 0.25) is 0 Å². The number of hydrogen-bond acceptors (Lipinski definition) is 2. The molecule has 1 aromatic carbocycles. The fourth-order valence-electron chi connectivity index (χ4n) is 2.61. The normalized spacial score (nSPS) is 11.4. The summed E-state index contributed by atoms with van der Waals surface area (Å²) in [5.41, 5.74) is 0. The maximum absolute atomic E-state index is 10.2. The quantitative estimate of drug-likeness (QED) is 0.150. The average molecular weight is 414 g/mol. The van der Waals surface area contributed by atoms with Crippen LogP contribution in [0.1, 0.15) is 91.4 Å². The molecule has 0 N–H and O–H groups in total. The van der Waals surface area contributed by atoms with Crippen molar-refractivity contribution in [2.45, 2.75) is 96.3 Å². The molecule has 1 rings (SSSR count). The van der Waals surface area contributed by atoms with Crippen LogP contribution in [-0.2, 0) is 32.8 Å². The monoisotopic (exact) mass is 414 g/mol. The molecule has 0 spiro atoms. The van der Waals surface area contributed by atoms with Gasteiger partial charge in [0, 0.05) is 4.90 Å². The Morgan fingerprint density at radius 3 is 1.73 bits per heavy atom. The molecule has 0 saturated carbocycles. The maximum atomic E-state index is 10.2. The van der Waals surface area contributed by atoms with Crippen molar-refractivity contribution in [3.63, 3.8) is 0 Å². The number of unbranched alkanes of at least 4 members (excludes halogenated alkanes) is 10. The van der Waals surface area contributed by atoms with Crippen molar-refractivity contribution < 1.29 is 30.5 Å². The SMILES string of the molecule is CCCCCCCCCCCC[CH-]C(C)C.O=S([O-])c1ccccc1.[Ti+2]. The van der Waals surface area contributed by atoms with Crippen molar-refractivity contribution in [2.24, 2.45) is 5.92 Å². The summed E-state index contributed by atoms with van der Waals surface area (Å²) >= 11 is -2.08. The Morgan fingerprint density at radius 2 is 1.35 bits per heavy atom. The van der Waals surface area contributed by atoms with Crippen LogP contribution in [0.15, 0.2) is 35.2 Å². The van der Waals surface area contributed by atoms with E-state index in [1.165, 1.54) is 70.6 Å². The fraction of sp³-hybridized carbons (Fsp3) is 0.682. The van der Waals surface area contributed by atoms with Gasteiger partial charge in [0.05, 0.1) is 0 Å². The molecular weight excluding hydrogens is 376 g/mol. The summed E-state index contributed by atoms with van der Waals surface area (Å²) in [6.07, 6.45) is 18.2. The van der Waals surface area contributed by atoms with E-state index in [-0.39, 0.29) is 21.7 Å². The second kappa shape index (κ2) is 21.3. The number of rotatable bonds is 13. The van der Waals surface area contributed by atoms with Gasteiger partial charge < -0.3 is 11.0 Å². The zero-order chi connectivity index (χ0) is 18.8. The molecule has 0 amide bonds. The van der Waals surface area contributed by atoms with Gasteiger partial charge >= 0.3 is 21.7 Å². The first-order valence-electron chi connectivity index (χ1n) is 10.1. The molecule has 0 bridgehead atoms. The first-order valence-corrected chi connectivity index (χ1v) is 11.1. The van der Waals surface area contributed by atoms with Crippen molar-refractivity contribution in [2.75, 3.05) is 0 Å². The summed E-state index contributed by atoms with van der Waals surface area (Å²) in [7, 11) is 0. The molecule has 0 aliphatic carbocycles. The average Bonchev–Trinajstić information content (AvgIpc) is 2.61. The number of benzene rings is 1. The van der Waals surface area contributed by atoms with Gasteiger partial charge in [-0.3, -0.25) is 4.21 Å². The smallest absolute Gasteiger partial charge is 0.768 e. The molecule has 0 fully saturated rings. The van der Waals surface area contributed by atoms with E-state index < -0.39 is 11.1 Å². The van der Waals surface area contributed by atoms with Gasteiger partial charge in [-0.2, -0.15) is 12.3 Å². The molecule has 0 radical (unpaired) electrons. The Bertz CT molecular complexity index is 410. The Balaban J connectivity index is 0. The topological polar surface area (TPSA) is 40.1 Å². The van der Waals surface area contributed by atoms with E-state index in [0.717, 1.165) is 5.92 Å². The van der Waals surface area contributed by atoms with Crippen LogP contribution in [-0.4, -0.2) is 8.76 Å². The summed E-state index contributed by atoms with van der Waals surface area (Å²) in [5, 5.41) is 0. The van der Waals surface area contributed by atoms with Crippen LogP contribution in [0, 0.1) is 12.3 Å². The maximum Gasteiger partial charge on any atom is 2.00 e. The van der Waals surface area contributed by atoms with Crippen molar-refractivity contribution >= 4 is 11.1 Å². The van der Waals surface area contributed by atoms with Gasteiger partial charge in [-0.15, -0.1) is 0 Å². The van der Waals surface area contributed by atoms with Gasteiger partial charge in [-0.1, -0.05) is 103 Å². The van der Waals surface area contributed by atoms with Gasteiger partial charge in [0.25, 0.3) is 0 Å². The number of hydrogen-bond donors (Lipinski definition) is 0. The van der Waals surface area contributed by atoms with Crippen molar-refractivity contribution in [3.8, 4) is 0 Å². The molecule has 2 nitrogen and oxygen atoms in total. The molecule has 148 valence electrons. The minimum Gasteiger partial charge on any atom is -0.768 e. The largest absolute Gasteiger partial charge is 2.00 e. The Morgan fingerprint density at radius 1 is 0.885 bits per heavy atom. The molecule has 0 saturated heterocycles. The van der Waals surface area contributed by atoms with Gasteiger partial charge in [-0.25, -0.2) is 0 Å². The molecule has 0 heterocycles. The first kappa shape index (κ1) is 28.3. The minimum atomic E-state index is -2.08. The summed E-state index contributed by atoms with van der Waals surface area (Å²) in [5.74, 6) is 0.776. The van der Waals surface area contributed by atoms with E-state index in [1.54, 1.807) is 30.3 Å². The van der Waals surface area contributed by atoms with E-state index in [4.69, 9.17) is 0 Å². The molecule has 26 heavy (non-hydrogen) atoms. The van der Waals surface area contributed by atoms with E-state index >= 15 is 0 Å². The molecular formula is C22H38O2STi. The molecule has 0 aliphatic heterocycles. The van der Waals surface area contributed by atoms with E-state index in [2.05, 4.69) is 27.2 Å². The van der Waals surface area contributed by atoms with Gasteiger partial charge in [0.1, 0.15) is 0 Å². The second-order valence-corrected chi connectivity index (χ2v) is 7.94. The van der Waals surface area contributed by atoms with Crippen LogP contribution in [0.25, 0.3) is 0 Å². The molecule has 0 aromatic heterocycles. The summed E-state index contributed by atoms with van der Waals surface area (Å²) in [6, 6.07) is 8.23. The van der Waals surface area contributed by atoms with Crippen molar-refractivity contribution in [3.05, 3.63) is 36.8 Å². The Hall–Kier alpha value is 0.0443. The minimum absolute atomic E-state index is 0. The van der Waals surface area contributed by atoms with Gasteiger partial charge in [0.15, 0.2) is 0 Å². The predicted molar refractivity (Wildman–Crippen MR) is 109 cm³/mol. The van der Waals surface area contributed by atoms with Crippen LogP contribution in [0.2, 0.25) is 0 Å². The third-order valence-electron chi connectivity index (χ3n) is 4.13. The zero-order valence-electron chi connectivity index (χ0n) is 17.0. The summed E-state index contributed by atoms with van der Waals surface area (Å²) in [4.78, 5) is 0.331. The van der Waals surface area contributed by atoms with Gasteiger partial charge in [-0.05, 0) is 23.2 Å². The second-order valence-electron chi connectivity index (χ2n) is 7.00. The standard InChI is InChI=1S/C16H33.C6H6O2S.Ti/c1-4-5-6-7-8-9-10-11-12-13-14-15-16(2)3;7-9(8)6-4-2-1-3-5-6;/h15-16H,4-14H2,1-3H3;1-5H,(H,7,8);/q-1;;+2/p-1. The first-order chi connectivity index (χ1) is 12.1. The predicted octanol–water partition coefficient (Wildman–Crippen LogP) is 7.08. The van der Waals surface area contributed by atoms with Crippen LogP contribution in [0.5, 0.6) is 0 Å². The molecule has 1 aromatic rings. The van der Waals surface area contributed by atoms with Crippen molar-refractivity contribution in [1.82, 2.24) is 0 Å². The Labute approximate surface area is 180 Å². The van der Waals surface area contributed by atoms with E-state index in [0.29, 0.717) is 4.90 Å². The zero-order valence-corrected chi connectivity index (χ0v) is 19.4. The van der Waals surface area contributed by atoms with Crippen LogP contribution < -0.4 is 0 Å². The van der Waals surface area contributed by atoms with E-state index in [1.807, 2.05) is 0 Å². The Kier molecular flexibility index (Phi) is 23.2. The van der Waals surface area contributed by atoms with Crippen molar-refractivity contribution in [1.29, 1.82) is 0 Å². The molecule has 1 unspecified atom stereocenters. The van der Waals surface area contributed by atoms with Crippen LogP contribution >= 0.6 is 0 Å². The fourth-order valence-corrected chi connectivity index (χ4v) is 2.99. The summed E-state index contributed by atoms with van der Waals surface area (Å²) in [6.45, 7) is 6.83.